The highest BCUT2D eigenvalue weighted by atomic mass is 32.2. The molecule has 0 spiro atoms. The summed E-state index contributed by atoms with van der Waals surface area (Å²) < 4.78 is 14.8. The van der Waals surface area contributed by atoms with Crippen LogP contribution in [0.2, 0.25) is 0 Å². The zero-order valence-electron chi connectivity index (χ0n) is 16.5. The maximum atomic E-state index is 13.0. The molecule has 1 saturated heterocycles. The third-order valence-corrected chi connectivity index (χ3v) is 7.17. The van der Waals surface area contributed by atoms with Crippen molar-refractivity contribution >= 4 is 50.8 Å². The molecule has 0 unspecified atom stereocenters. The van der Waals surface area contributed by atoms with Gasteiger partial charge in [0.1, 0.15) is 5.82 Å². The first-order valence-corrected chi connectivity index (χ1v) is 11.5. The number of carbonyl (C=O) groups excluding carboxylic acids is 2. The van der Waals surface area contributed by atoms with Gasteiger partial charge in [0.25, 0.3) is 5.91 Å². The first-order chi connectivity index (χ1) is 14.5. The highest BCUT2D eigenvalue weighted by Crippen LogP contribution is 2.31. The van der Waals surface area contributed by atoms with E-state index in [1.807, 2.05) is 17.0 Å². The van der Waals surface area contributed by atoms with Crippen LogP contribution in [0.3, 0.4) is 0 Å². The number of thioether (sulfide) groups is 1. The maximum absolute atomic E-state index is 13.0. The number of piperazine rings is 1. The molecule has 0 atom stereocenters. The number of benzene rings is 2. The molecule has 4 rings (SSSR count). The molecule has 0 aliphatic carbocycles. The van der Waals surface area contributed by atoms with Gasteiger partial charge in [-0.25, -0.2) is 9.37 Å². The molecule has 3 aromatic rings. The Morgan fingerprint density at radius 2 is 1.93 bits per heavy atom. The average Bonchev–Trinajstić information content (AvgIpc) is 3.15. The van der Waals surface area contributed by atoms with E-state index in [1.165, 1.54) is 52.3 Å². The third-order valence-electron chi connectivity index (χ3n) is 5.02. The van der Waals surface area contributed by atoms with Crippen LogP contribution >= 0.6 is 23.1 Å². The van der Waals surface area contributed by atoms with E-state index in [0.29, 0.717) is 17.0 Å². The number of quaternary nitrogens is 1. The van der Waals surface area contributed by atoms with Gasteiger partial charge in [0.15, 0.2) is 4.34 Å². The number of amides is 2. The maximum Gasteiger partial charge on any atom is 0.255 e. The summed E-state index contributed by atoms with van der Waals surface area (Å²) in [6.07, 6.45) is 0. The zero-order chi connectivity index (χ0) is 21.1. The van der Waals surface area contributed by atoms with Crippen molar-refractivity contribution in [2.24, 2.45) is 0 Å². The van der Waals surface area contributed by atoms with Crippen LogP contribution in [0.5, 0.6) is 0 Å². The number of thiazole rings is 1. The van der Waals surface area contributed by atoms with Crippen LogP contribution < -0.4 is 10.2 Å². The molecule has 1 fully saturated rings. The highest BCUT2D eigenvalue weighted by Gasteiger charge is 2.21. The number of halogens is 1. The number of likely N-dealkylation sites (N-methyl/N-ethyl adjacent to an activating group) is 1. The van der Waals surface area contributed by atoms with Crippen LogP contribution in [-0.2, 0) is 4.79 Å². The number of hydrogen-bond donors (Lipinski definition) is 2. The van der Waals surface area contributed by atoms with Crippen LogP contribution in [0.25, 0.3) is 10.2 Å². The Bertz CT molecular complexity index is 1060. The van der Waals surface area contributed by atoms with Gasteiger partial charge < -0.3 is 15.1 Å². The number of carbonyl (C=O) groups is 2. The summed E-state index contributed by atoms with van der Waals surface area (Å²) in [4.78, 5) is 32.7. The molecule has 2 aromatic carbocycles. The lowest BCUT2D eigenvalue weighted by atomic mass is 10.2. The standard InChI is InChI=1S/C21H21FN4O2S2/c1-25-8-10-26(11-9-25)19(27)13-29-21-24-17-7-6-16(12-18(17)30-21)23-20(28)14-2-4-15(22)5-3-14/h2-7,12H,8-11,13H2,1H3,(H,23,28)/p+1. The van der Waals surface area contributed by atoms with Crippen LogP contribution in [0, 0.1) is 5.82 Å². The molecular formula is C21H22FN4O2S2+. The lowest BCUT2D eigenvalue weighted by Crippen LogP contribution is -3.12. The predicted molar refractivity (Wildman–Crippen MR) is 118 cm³/mol. The number of aromatic nitrogens is 1. The quantitative estimate of drug-likeness (QED) is 0.591. The Morgan fingerprint density at radius 3 is 2.67 bits per heavy atom. The van der Waals surface area contributed by atoms with Gasteiger partial charge in [0.05, 0.1) is 49.2 Å². The molecule has 0 bridgehead atoms. The molecule has 0 radical (unpaired) electrons. The van der Waals surface area contributed by atoms with Crippen molar-refractivity contribution in [3.8, 4) is 0 Å². The third kappa shape index (κ3) is 4.97. The Hall–Kier alpha value is -2.49. The normalized spacial score (nSPS) is 14.8. The van der Waals surface area contributed by atoms with E-state index in [0.717, 1.165) is 40.7 Å². The van der Waals surface area contributed by atoms with Crippen molar-refractivity contribution in [3.05, 3.63) is 53.8 Å². The Morgan fingerprint density at radius 1 is 1.20 bits per heavy atom. The molecule has 0 saturated carbocycles. The lowest BCUT2D eigenvalue weighted by molar-refractivity contribution is -0.883. The van der Waals surface area contributed by atoms with E-state index in [1.54, 1.807) is 6.07 Å². The summed E-state index contributed by atoms with van der Waals surface area (Å²) in [5.74, 6) is -0.144. The summed E-state index contributed by atoms with van der Waals surface area (Å²) in [6, 6.07) is 10.9. The number of fused-ring (bicyclic) bond motifs is 1. The van der Waals surface area contributed by atoms with Gasteiger partial charge in [-0.05, 0) is 42.5 Å². The van der Waals surface area contributed by atoms with Gasteiger partial charge in [0, 0.05) is 11.3 Å². The fourth-order valence-electron chi connectivity index (χ4n) is 3.20. The summed E-state index contributed by atoms with van der Waals surface area (Å²) in [5.41, 5.74) is 1.87. The molecule has 1 aromatic heterocycles. The zero-order valence-corrected chi connectivity index (χ0v) is 18.1. The van der Waals surface area contributed by atoms with Gasteiger partial charge in [-0.3, -0.25) is 9.59 Å². The van der Waals surface area contributed by atoms with Crippen LogP contribution in [-0.4, -0.2) is 60.7 Å². The first-order valence-electron chi connectivity index (χ1n) is 9.67. The molecule has 156 valence electrons. The second-order valence-electron chi connectivity index (χ2n) is 7.25. The molecule has 2 amide bonds. The van der Waals surface area contributed by atoms with Gasteiger partial charge in [-0.15, -0.1) is 11.3 Å². The summed E-state index contributed by atoms with van der Waals surface area (Å²) in [7, 11) is 2.15. The molecular weight excluding hydrogens is 423 g/mol. The second kappa shape index (κ2) is 9.11. The Labute approximate surface area is 182 Å². The SMILES string of the molecule is C[NH+]1CCN(C(=O)CSc2nc3ccc(NC(=O)c4ccc(F)cc4)cc3s2)CC1. The minimum absolute atomic E-state index is 0.152. The number of anilines is 1. The molecule has 2 heterocycles. The van der Waals surface area contributed by atoms with E-state index in [2.05, 4.69) is 17.3 Å². The minimum atomic E-state index is -0.380. The molecule has 9 heteroatoms. The van der Waals surface area contributed by atoms with Crippen LogP contribution in [0.15, 0.2) is 46.8 Å². The molecule has 1 aliphatic heterocycles. The number of nitrogens with zero attached hydrogens (tertiary/aromatic N) is 2. The van der Waals surface area contributed by atoms with Crippen molar-refractivity contribution < 1.29 is 18.9 Å². The average molecular weight is 446 g/mol. The summed E-state index contributed by atoms with van der Waals surface area (Å²) >= 11 is 2.95. The number of rotatable bonds is 5. The van der Waals surface area contributed by atoms with E-state index >= 15 is 0 Å². The van der Waals surface area contributed by atoms with Crippen LogP contribution in [0.1, 0.15) is 10.4 Å². The number of hydrogen-bond acceptors (Lipinski definition) is 5. The molecule has 1 aliphatic rings. The monoisotopic (exact) mass is 445 g/mol. The Kier molecular flexibility index (Phi) is 6.31. The van der Waals surface area contributed by atoms with Crippen molar-refractivity contribution in [2.75, 3.05) is 44.3 Å². The highest BCUT2D eigenvalue weighted by molar-refractivity contribution is 8.01. The molecule has 2 N–H and O–H groups in total. The van der Waals surface area contributed by atoms with Crippen LogP contribution in [0.4, 0.5) is 10.1 Å². The largest absolute Gasteiger partial charge is 0.334 e. The van der Waals surface area contributed by atoms with Gasteiger partial charge >= 0.3 is 0 Å². The summed E-state index contributed by atoms with van der Waals surface area (Å²) in [5, 5.41) is 2.82. The lowest BCUT2D eigenvalue weighted by Gasteiger charge is -2.29. The minimum Gasteiger partial charge on any atom is -0.334 e. The van der Waals surface area contributed by atoms with Crippen molar-refractivity contribution in [2.45, 2.75) is 4.34 Å². The van der Waals surface area contributed by atoms with E-state index < -0.39 is 0 Å². The number of nitrogens with one attached hydrogen (secondary N) is 2. The Balaban J connectivity index is 1.38. The fourth-order valence-corrected chi connectivity index (χ4v) is 5.21. The smallest absolute Gasteiger partial charge is 0.255 e. The topological polar surface area (TPSA) is 66.7 Å². The van der Waals surface area contributed by atoms with E-state index in [4.69, 9.17) is 0 Å². The fraction of sp³-hybridized carbons (Fsp3) is 0.286. The van der Waals surface area contributed by atoms with Crippen molar-refractivity contribution in [3.63, 3.8) is 0 Å². The van der Waals surface area contributed by atoms with Gasteiger partial charge in [-0.2, -0.15) is 0 Å². The van der Waals surface area contributed by atoms with Crippen molar-refractivity contribution in [1.29, 1.82) is 0 Å². The van der Waals surface area contributed by atoms with E-state index in [9.17, 15) is 14.0 Å². The summed E-state index contributed by atoms with van der Waals surface area (Å²) in [6.45, 7) is 3.60. The first kappa shape index (κ1) is 20.8. The molecule has 6 nitrogen and oxygen atoms in total. The van der Waals surface area contributed by atoms with Gasteiger partial charge in [-0.1, -0.05) is 11.8 Å². The predicted octanol–water partition coefficient (Wildman–Crippen LogP) is 2.14. The van der Waals surface area contributed by atoms with E-state index in [-0.39, 0.29) is 17.6 Å². The van der Waals surface area contributed by atoms with Crippen molar-refractivity contribution in [1.82, 2.24) is 9.88 Å². The molecule has 30 heavy (non-hydrogen) atoms. The van der Waals surface area contributed by atoms with Gasteiger partial charge in [0.2, 0.25) is 5.91 Å². The second-order valence-corrected chi connectivity index (χ2v) is 9.50.